The Morgan fingerprint density at radius 2 is 1.76 bits per heavy atom. The van der Waals surface area contributed by atoms with E-state index in [0.29, 0.717) is 5.75 Å². The molecule has 0 aliphatic carbocycles. The predicted octanol–water partition coefficient (Wildman–Crippen LogP) is 0.911. The highest BCUT2D eigenvalue weighted by Gasteiger charge is 2.27. The largest absolute Gasteiger partial charge is 0.497 e. The Balaban J connectivity index is 2.33. The first-order chi connectivity index (χ1) is 11.8. The van der Waals surface area contributed by atoms with Gasteiger partial charge in [-0.25, -0.2) is 9.71 Å². The van der Waals surface area contributed by atoms with E-state index in [1.807, 2.05) is 4.72 Å². The van der Waals surface area contributed by atoms with E-state index in [-0.39, 0.29) is 11.1 Å². The first kappa shape index (κ1) is 18.4. The lowest BCUT2D eigenvalue weighted by atomic mass is 10.2. The van der Waals surface area contributed by atoms with Crippen LogP contribution in [-0.4, -0.2) is 51.3 Å². The maximum Gasteiger partial charge on any atom is 0.282 e. The van der Waals surface area contributed by atoms with Crippen LogP contribution in [0.4, 0.5) is 0 Å². The molecule has 9 heteroatoms. The van der Waals surface area contributed by atoms with Crippen molar-refractivity contribution in [1.29, 1.82) is 0 Å². The summed E-state index contributed by atoms with van der Waals surface area (Å²) in [5, 5.41) is -0.504. The fraction of sp³-hybridized carbons (Fsp3) is 0.188. The molecule has 25 heavy (non-hydrogen) atoms. The number of carbonyl (C=O) groups excluding carboxylic acids is 2. The van der Waals surface area contributed by atoms with Crippen LogP contribution >= 0.6 is 0 Å². The molecular formula is C16H17N3O5S. The summed E-state index contributed by atoms with van der Waals surface area (Å²) in [7, 11) is 0.130. The van der Waals surface area contributed by atoms with Gasteiger partial charge in [-0.2, -0.15) is 8.42 Å². The molecule has 0 bridgehead atoms. The first-order valence-electron chi connectivity index (χ1n) is 7.14. The van der Waals surface area contributed by atoms with Crippen LogP contribution < -0.4 is 9.46 Å². The van der Waals surface area contributed by atoms with Gasteiger partial charge in [0.2, 0.25) is 0 Å². The zero-order valence-corrected chi connectivity index (χ0v) is 14.7. The van der Waals surface area contributed by atoms with E-state index in [2.05, 4.69) is 4.98 Å². The summed E-state index contributed by atoms with van der Waals surface area (Å²) in [4.78, 5) is 29.3. The van der Waals surface area contributed by atoms with Crippen LogP contribution in [0, 0.1) is 0 Å². The Morgan fingerprint density at radius 3 is 2.32 bits per heavy atom. The van der Waals surface area contributed by atoms with Crippen molar-refractivity contribution in [3.8, 4) is 5.75 Å². The van der Waals surface area contributed by atoms with Crippen LogP contribution in [-0.2, 0) is 10.0 Å². The molecule has 0 aliphatic heterocycles. The number of nitrogens with zero attached hydrogens (tertiary/aromatic N) is 2. The molecule has 1 aromatic carbocycles. The average molecular weight is 363 g/mol. The van der Waals surface area contributed by atoms with Gasteiger partial charge in [0.15, 0.2) is 5.03 Å². The number of methoxy groups -OCH3 is 1. The van der Waals surface area contributed by atoms with Crippen LogP contribution in [0.5, 0.6) is 5.75 Å². The summed E-state index contributed by atoms with van der Waals surface area (Å²) < 4.78 is 31.9. The van der Waals surface area contributed by atoms with Gasteiger partial charge in [0.05, 0.1) is 12.7 Å². The summed E-state index contributed by atoms with van der Waals surface area (Å²) in [5.74, 6) is -0.843. The van der Waals surface area contributed by atoms with E-state index in [9.17, 15) is 18.0 Å². The smallest absolute Gasteiger partial charge is 0.282 e. The SMILES string of the molecule is COc1ccc(C(=O)NS(=O)(=O)c2ncccc2C(=O)N(C)C)cc1. The maximum absolute atomic E-state index is 12.5. The Hall–Kier alpha value is -2.94. The highest BCUT2D eigenvalue weighted by atomic mass is 32.2. The van der Waals surface area contributed by atoms with Crippen LogP contribution in [0.1, 0.15) is 20.7 Å². The second kappa shape index (κ2) is 7.31. The number of carbonyl (C=O) groups is 2. The van der Waals surface area contributed by atoms with Gasteiger partial charge in [-0.1, -0.05) is 0 Å². The number of hydrogen-bond donors (Lipinski definition) is 1. The van der Waals surface area contributed by atoms with Crippen LogP contribution in [0.3, 0.4) is 0 Å². The number of ether oxygens (including phenoxy) is 1. The van der Waals surface area contributed by atoms with Crippen molar-refractivity contribution in [2.45, 2.75) is 5.03 Å². The predicted molar refractivity (Wildman–Crippen MR) is 89.9 cm³/mol. The number of hydrogen-bond acceptors (Lipinski definition) is 6. The molecule has 0 aliphatic rings. The molecule has 0 radical (unpaired) electrons. The topological polar surface area (TPSA) is 106 Å². The van der Waals surface area contributed by atoms with Crippen molar-refractivity contribution < 1.29 is 22.7 Å². The van der Waals surface area contributed by atoms with Crippen LogP contribution in [0.25, 0.3) is 0 Å². The maximum atomic E-state index is 12.5. The molecule has 2 amide bonds. The third kappa shape index (κ3) is 4.13. The second-order valence-electron chi connectivity index (χ2n) is 5.22. The third-order valence-corrected chi connectivity index (χ3v) is 4.53. The van der Waals surface area contributed by atoms with Gasteiger partial charge in [0.25, 0.3) is 21.8 Å². The van der Waals surface area contributed by atoms with Crippen LogP contribution in [0.15, 0.2) is 47.6 Å². The minimum atomic E-state index is -4.32. The molecule has 0 saturated heterocycles. The molecule has 0 saturated carbocycles. The lowest BCUT2D eigenvalue weighted by Crippen LogP contribution is -2.33. The van der Waals surface area contributed by atoms with Gasteiger partial charge >= 0.3 is 0 Å². The van der Waals surface area contributed by atoms with E-state index in [1.165, 1.54) is 68.7 Å². The standard InChI is InChI=1S/C16H17N3O5S/c1-19(2)16(21)13-5-4-10-17-15(13)25(22,23)18-14(20)11-6-8-12(24-3)9-7-11/h4-10H,1-3H3,(H,18,20). The number of amides is 2. The number of sulfonamides is 1. The zero-order chi connectivity index (χ0) is 18.6. The molecule has 8 nitrogen and oxygen atoms in total. The molecule has 0 spiro atoms. The normalized spacial score (nSPS) is 10.8. The Bertz CT molecular complexity index is 892. The van der Waals surface area contributed by atoms with Gasteiger partial charge in [-0.05, 0) is 36.4 Å². The quantitative estimate of drug-likeness (QED) is 0.846. The summed E-state index contributed by atoms with van der Waals surface area (Å²) in [5.41, 5.74) is 0.00308. The van der Waals surface area contributed by atoms with E-state index < -0.39 is 26.9 Å². The Morgan fingerprint density at radius 1 is 1.12 bits per heavy atom. The van der Waals surface area contributed by atoms with Crippen molar-refractivity contribution in [3.63, 3.8) is 0 Å². The molecular weight excluding hydrogens is 346 g/mol. The second-order valence-corrected chi connectivity index (χ2v) is 6.82. The fourth-order valence-corrected chi connectivity index (χ4v) is 3.08. The molecule has 1 heterocycles. The van der Waals surface area contributed by atoms with Gasteiger partial charge < -0.3 is 9.64 Å². The Kier molecular flexibility index (Phi) is 5.38. The highest BCUT2D eigenvalue weighted by molar-refractivity contribution is 7.90. The molecule has 1 N–H and O–H groups in total. The van der Waals surface area contributed by atoms with Gasteiger partial charge in [0, 0.05) is 25.9 Å². The fourth-order valence-electron chi connectivity index (χ4n) is 1.98. The minimum Gasteiger partial charge on any atom is -0.497 e. The number of pyridine rings is 1. The number of nitrogens with one attached hydrogen (secondary N) is 1. The lowest BCUT2D eigenvalue weighted by molar-refractivity contribution is 0.0822. The van der Waals surface area contributed by atoms with Gasteiger partial charge in [-0.15, -0.1) is 0 Å². The van der Waals surface area contributed by atoms with E-state index >= 15 is 0 Å². The zero-order valence-electron chi connectivity index (χ0n) is 13.9. The number of benzene rings is 1. The van der Waals surface area contributed by atoms with E-state index in [1.54, 1.807) is 0 Å². The lowest BCUT2D eigenvalue weighted by Gasteiger charge is -2.14. The molecule has 0 fully saturated rings. The summed E-state index contributed by atoms with van der Waals surface area (Å²) in [6.45, 7) is 0. The van der Waals surface area contributed by atoms with Crippen molar-refractivity contribution in [2.75, 3.05) is 21.2 Å². The average Bonchev–Trinajstić information content (AvgIpc) is 2.60. The van der Waals surface area contributed by atoms with Gasteiger partial charge in [-0.3, -0.25) is 9.59 Å². The van der Waals surface area contributed by atoms with Crippen molar-refractivity contribution in [2.24, 2.45) is 0 Å². The number of rotatable bonds is 5. The molecule has 132 valence electrons. The monoisotopic (exact) mass is 363 g/mol. The third-order valence-electron chi connectivity index (χ3n) is 3.24. The van der Waals surface area contributed by atoms with Crippen LogP contribution in [0.2, 0.25) is 0 Å². The highest BCUT2D eigenvalue weighted by Crippen LogP contribution is 2.15. The molecule has 2 rings (SSSR count). The number of aromatic nitrogens is 1. The molecule has 0 unspecified atom stereocenters. The summed E-state index contributed by atoms with van der Waals surface area (Å²) >= 11 is 0. The molecule has 0 atom stereocenters. The summed E-state index contributed by atoms with van der Waals surface area (Å²) in [6.07, 6.45) is 1.23. The minimum absolute atomic E-state index is 0.123. The van der Waals surface area contributed by atoms with E-state index in [4.69, 9.17) is 4.74 Å². The summed E-state index contributed by atoms with van der Waals surface area (Å²) in [6, 6.07) is 8.69. The van der Waals surface area contributed by atoms with Crippen molar-refractivity contribution in [1.82, 2.24) is 14.6 Å². The van der Waals surface area contributed by atoms with E-state index in [0.717, 1.165) is 0 Å². The van der Waals surface area contributed by atoms with Gasteiger partial charge in [0.1, 0.15) is 5.75 Å². The van der Waals surface area contributed by atoms with Crippen molar-refractivity contribution >= 4 is 21.8 Å². The molecule has 2 aromatic rings. The van der Waals surface area contributed by atoms with Crippen molar-refractivity contribution in [3.05, 3.63) is 53.7 Å². The molecule has 1 aromatic heterocycles. The first-order valence-corrected chi connectivity index (χ1v) is 8.62. The Labute approximate surface area is 145 Å².